The van der Waals surface area contributed by atoms with Gasteiger partial charge in [-0.15, -0.1) is 0 Å². The highest BCUT2D eigenvalue weighted by atomic mass is 35.5. The van der Waals surface area contributed by atoms with E-state index in [1.165, 1.54) is 4.68 Å². The van der Waals surface area contributed by atoms with E-state index < -0.39 is 5.91 Å². The maximum absolute atomic E-state index is 12.7. The number of carbonyl (C=O) groups is 2. The molecule has 2 heterocycles. The first-order chi connectivity index (χ1) is 14.9. The summed E-state index contributed by atoms with van der Waals surface area (Å²) < 4.78 is 8.63. The Morgan fingerprint density at radius 1 is 1.10 bits per heavy atom. The zero-order chi connectivity index (χ0) is 22.4. The second-order valence-corrected chi connectivity index (χ2v) is 7.31. The SMILES string of the molecule is CCCNC(=O)c1nn(CC)cc1NC(=O)c1ccn(COc2cccc(Cl)c2Cl)n1. The molecule has 3 aromatic rings. The van der Waals surface area contributed by atoms with Crippen molar-refractivity contribution in [2.45, 2.75) is 33.5 Å². The number of nitrogens with one attached hydrogen (secondary N) is 2. The fraction of sp³-hybridized carbons (Fsp3) is 0.300. The van der Waals surface area contributed by atoms with Gasteiger partial charge in [-0.1, -0.05) is 36.2 Å². The van der Waals surface area contributed by atoms with Gasteiger partial charge in [0, 0.05) is 25.5 Å². The predicted octanol–water partition coefficient (Wildman–Crippen LogP) is 3.83. The van der Waals surface area contributed by atoms with Crippen molar-refractivity contribution in [3.05, 3.63) is 58.1 Å². The number of aryl methyl sites for hydroxylation is 1. The summed E-state index contributed by atoms with van der Waals surface area (Å²) in [5.41, 5.74) is 0.629. The van der Waals surface area contributed by atoms with Gasteiger partial charge in [0.1, 0.15) is 10.8 Å². The van der Waals surface area contributed by atoms with E-state index in [9.17, 15) is 9.59 Å². The Morgan fingerprint density at radius 3 is 2.65 bits per heavy atom. The van der Waals surface area contributed by atoms with Crippen LogP contribution in [-0.4, -0.2) is 37.9 Å². The lowest BCUT2D eigenvalue weighted by molar-refractivity contribution is 0.0948. The van der Waals surface area contributed by atoms with Gasteiger partial charge in [-0.2, -0.15) is 10.2 Å². The molecule has 11 heteroatoms. The van der Waals surface area contributed by atoms with Gasteiger partial charge in [0.25, 0.3) is 11.8 Å². The Balaban J connectivity index is 1.68. The Bertz CT molecular complexity index is 1080. The molecule has 0 spiro atoms. The highest BCUT2D eigenvalue weighted by Gasteiger charge is 2.20. The average Bonchev–Trinajstić information content (AvgIpc) is 3.40. The summed E-state index contributed by atoms with van der Waals surface area (Å²) in [4.78, 5) is 25.0. The number of nitrogens with zero attached hydrogens (tertiary/aromatic N) is 4. The lowest BCUT2D eigenvalue weighted by atomic mass is 10.3. The molecule has 2 aromatic heterocycles. The zero-order valence-corrected chi connectivity index (χ0v) is 18.6. The average molecular weight is 465 g/mol. The van der Waals surface area contributed by atoms with Crippen LogP contribution in [0.25, 0.3) is 0 Å². The van der Waals surface area contributed by atoms with Crippen LogP contribution in [0.2, 0.25) is 10.0 Å². The fourth-order valence-corrected chi connectivity index (χ4v) is 2.98. The minimum Gasteiger partial charge on any atom is -0.470 e. The molecule has 9 nitrogen and oxygen atoms in total. The maximum Gasteiger partial charge on any atom is 0.276 e. The van der Waals surface area contributed by atoms with Crippen LogP contribution in [0, 0.1) is 0 Å². The molecule has 0 aliphatic carbocycles. The summed E-state index contributed by atoms with van der Waals surface area (Å²) in [6, 6.07) is 6.60. The van der Waals surface area contributed by atoms with Gasteiger partial charge in [0.2, 0.25) is 0 Å². The van der Waals surface area contributed by atoms with Crippen molar-refractivity contribution in [2.24, 2.45) is 0 Å². The first-order valence-electron chi connectivity index (χ1n) is 9.70. The quantitative estimate of drug-likeness (QED) is 0.500. The van der Waals surface area contributed by atoms with Crippen LogP contribution < -0.4 is 15.4 Å². The number of rotatable bonds is 9. The van der Waals surface area contributed by atoms with Crippen LogP contribution in [-0.2, 0) is 13.3 Å². The molecule has 0 bridgehead atoms. The summed E-state index contributed by atoms with van der Waals surface area (Å²) in [5.74, 6) is -0.410. The molecule has 2 amide bonds. The molecule has 0 saturated carbocycles. The van der Waals surface area contributed by atoms with E-state index in [0.717, 1.165) is 6.42 Å². The molecule has 1 aromatic carbocycles. The molecule has 0 atom stereocenters. The van der Waals surface area contributed by atoms with Gasteiger partial charge >= 0.3 is 0 Å². The minimum atomic E-state index is -0.472. The minimum absolute atomic E-state index is 0.0335. The van der Waals surface area contributed by atoms with Crippen LogP contribution in [0.1, 0.15) is 41.2 Å². The van der Waals surface area contributed by atoms with Gasteiger partial charge in [0.05, 0.1) is 10.7 Å². The molecule has 0 aliphatic rings. The molecule has 164 valence electrons. The first-order valence-corrected chi connectivity index (χ1v) is 10.5. The van der Waals surface area contributed by atoms with E-state index in [2.05, 4.69) is 20.8 Å². The molecule has 0 aliphatic heterocycles. The second kappa shape index (κ2) is 10.3. The van der Waals surface area contributed by atoms with E-state index in [-0.39, 0.29) is 24.0 Å². The third-order valence-electron chi connectivity index (χ3n) is 4.23. The largest absolute Gasteiger partial charge is 0.470 e. The Morgan fingerprint density at radius 2 is 1.90 bits per heavy atom. The molecule has 2 N–H and O–H groups in total. The number of carbonyl (C=O) groups excluding carboxylic acids is 2. The van der Waals surface area contributed by atoms with Gasteiger partial charge in [-0.05, 0) is 31.5 Å². The molecule has 3 rings (SSSR count). The zero-order valence-electron chi connectivity index (χ0n) is 17.1. The van der Waals surface area contributed by atoms with Crippen LogP contribution >= 0.6 is 23.2 Å². The normalized spacial score (nSPS) is 10.7. The fourth-order valence-electron chi connectivity index (χ4n) is 2.64. The van der Waals surface area contributed by atoms with Gasteiger partial charge in [0.15, 0.2) is 18.1 Å². The summed E-state index contributed by atoms with van der Waals surface area (Å²) in [5, 5.41) is 14.6. The number of benzene rings is 1. The predicted molar refractivity (Wildman–Crippen MR) is 118 cm³/mol. The van der Waals surface area contributed by atoms with Crippen molar-refractivity contribution < 1.29 is 14.3 Å². The summed E-state index contributed by atoms with van der Waals surface area (Å²) in [6.07, 6.45) is 4.00. The second-order valence-electron chi connectivity index (χ2n) is 6.52. The van der Waals surface area contributed by atoms with Crippen molar-refractivity contribution in [3.63, 3.8) is 0 Å². The summed E-state index contributed by atoms with van der Waals surface area (Å²) in [6.45, 7) is 4.95. The van der Waals surface area contributed by atoms with Crippen LogP contribution in [0.3, 0.4) is 0 Å². The van der Waals surface area contributed by atoms with Gasteiger partial charge < -0.3 is 15.4 Å². The standard InChI is InChI=1S/C20H22Cl2N6O3/c1-3-9-23-20(30)18-15(11-27(4-2)26-18)24-19(29)14-8-10-28(25-14)12-31-16-7-5-6-13(21)17(16)22/h5-8,10-11H,3-4,9,12H2,1-2H3,(H,23,30)(H,24,29). The van der Waals surface area contributed by atoms with Gasteiger partial charge in [-0.25, -0.2) is 4.68 Å². The lowest BCUT2D eigenvalue weighted by Gasteiger charge is -2.08. The Hall–Kier alpha value is -3.04. The van der Waals surface area contributed by atoms with Crippen molar-refractivity contribution in [3.8, 4) is 5.75 Å². The number of hydrogen-bond donors (Lipinski definition) is 2. The van der Waals surface area contributed by atoms with Crippen LogP contribution in [0.4, 0.5) is 5.69 Å². The van der Waals surface area contributed by atoms with Crippen molar-refractivity contribution in [1.29, 1.82) is 0 Å². The molecule has 0 fully saturated rings. The third kappa shape index (κ3) is 5.56. The topological polar surface area (TPSA) is 103 Å². The van der Waals surface area contributed by atoms with E-state index >= 15 is 0 Å². The van der Waals surface area contributed by atoms with Crippen molar-refractivity contribution >= 4 is 40.7 Å². The molecule has 0 saturated heterocycles. The molecule has 0 radical (unpaired) electrons. The van der Waals surface area contributed by atoms with E-state index in [0.29, 0.717) is 34.6 Å². The smallest absolute Gasteiger partial charge is 0.276 e. The number of amides is 2. The summed E-state index contributed by atoms with van der Waals surface area (Å²) in [7, 11) is 0. The number of anilines is 1. The molecule has 31 heavy (non-hydrogen) atoms. The van der Waals surface area contributed by atoms with E-state index in [1.807, 2.05) is 13.8 Å². The molecular weight excluding hydrogens is 443 g/mol. The summed E-state index contributed by atoms with van der Waals surface area (Å²) >= 11 is 12.1. The number of hydrogen-bond acceptors (Lipinski definition) is 5. The number of halogens is 2. The molecular formula is C20H22Cl2N6O3. The monoisotopic (exact) mass is 464 g/mol. The van der Waals surface area contributed by atoms with E-state index in [1.54, 1.807) is 41.3 Å². The lowest BCUT2D eigenvalue weighted by Crippen LogP contribution is -2.26. The van der Waals surface area contributed by atoms with Crippen molar-refractivity contribution in [2.75, 3.05) is 11.9 Å². The van der Waals surface area contributed by atoms with Crippen LogP contribution in [0.15, 0.2) is 36.7 Å². The Kier molecular flexibility index (Phi) is 7.54. The first kappa shape index (κ1) is 22.6. The van der Waals surface area contributed by atoms with Crippen LogP contribution in [0.5, 0.6) is 5.75 Å². The van der Waals surface area contributed by atoms with E-state index in [4.69, 9.17) is 27.9 Å². The number of aromatic nitrogens is 4. The maximum atomic E-state index is 12.7. The Labute approximate surface area is 189 Å². The third-order valence-corrected chi connectivity index (χ3v) is 5.03. The van der Waals surface area contributed by atoms with Crippen molar-refractivity contribution in [1.82, 2.24) is 24.9 Å². The van der Waals surface area contributed by atoms with Gasteiger partial charge in [-0.3, -0.25) is 14.3 Å². The highest BCUT2D eigenvalue weighted by Crippen LogP contribution is 2.31. The highest BCUT2D eigenvalue weighted by molar-refractivity contribution is 6.42. The molecule has 0 unspecified atom stereocenters. The number of ether oxygens (including phenoxy) is 1.